The maximum absolute atomic E-state index is 13.6. The molecular weight excluding hydrogens is 343 g/mol. The van der Waals surface area contributed by atoms with Gasteiger partial charge in [-0.15, -0.1) is 0 Å². The van der Waals surface area contributed by atoms with E-state index < -0.39 is 11.6 Å². The summed E-state index contributed by atoms with van der Waals surface area (Å²) in [7, 11) is 1.61. The van der Waals surface area contributed by atoms with E-state index in [0.29, 0.717) is 24.9 Å². The number of unbranched alkanes of at least 4 members (excludes halogenated alkanes) is 1. The topological polar surface area (TPSA) is 45.7 Å². The van der Waals surface area contributed by atoms with Gasteiger partial charge < -0.3 is 15.4 Å². The molecule has 0 saturated heterocycles. The summed E-state index contributed by atoms with van der Waals surface area (Å²) in [4.78, 5) is 4.04. The summed E-state index contributed by atoms with van der Waals surface area (Å²) in [5.74, 6) is -0.0970. The third kappa shape index (κ3) is 6.66. The van der Waals surface area contributed by atoms with Gasteiger partial charge in [0.15, 0.2) is 5.96 Å². The molecule has 2 N–H and O–H groups in total. The molecule has 0 heterocycles. The minimum atomic E-state index is -0.479. The van der Waals surface area contributed by atoms with Crippen molar-refractivity contribution in [3.63, 3.8) is 0 Å². The summed E-state index contributed by atoms with van der Waals surface area (Å²) < 4.78 is 45.0. The standard InChI is InChI=1S/C19H22F3N3O/c1-23-19(25-13-14-12-16(21)6-9-18(14)22)24-10-2-3-11-26-17-7-4-15(20)5-8-17/h4-9,12H,2-3,10-11,13H2,1H3,(H2,23,24,25). The van der Waals surface area contributed by atoms with Gasteiger partial charge in [0.1, 0.15) is 23.2 Å². The summed E-state index contributed by atoms with van der Waals surface area (Å²) in [6.45, 7) is 1.31. The molecule has 0 saturated carbocycles. The lowest BCUT2D eigenvalue weighted by atomic mass is 10.2. The van der Waals surface area contributed by atoms with Gasteiger partial charge in [0.05, 0.1) is 6.61 Å². The van der Waals surface area contributed by atoms with E-state index in [4.69, 9.17) is 4.74 Å². The van der Waals surface area contributed by atoms with Crippen molar-refractivity contribution in [1.29, 1.82) is 0 Å². The van der Waals surface area contributed by atoms with E-state index in [9.17, 15) is 13.2 Å². The molecule has 0 aliphatic rings. The van der Waals surface area contributed by atoms with Crippen LogP contribution in [0.15, 0.2) is 47.5 Å². The molecule has 0 bridgehead atoms. The molecule has 0 fully saturated rings. The first kappa shape index (κ1) is 19.6. The number of hydrogen-bond donors (Lipinski definition) is 2. The first-order valence-electron chi connectivity index (χ1n) is 8.35. The van der Waals surface area contributed by atoms with Gasteiger partial charge in [-0.2, -0.15) is 0 Å². The van der Waals surface area contributed by atoms with Crippen LogP contribution in [0.4, 0.5) is 13.2 Å². The average Bonchev–Trinajstić information content (AvgIpc) is 2.64. The fraction of sp³-hybridized carbons (Fsp3) is 0.316. The molecule has 0 spiro atoms. The Labute approximate surface area is 151 Å². The zero-order chi connectivity index (χ0) is 18.8. The Hall–Kier alpha value is -2.70. The van der Waals surface area contributed by atoms with Gasteiger partial charge in [-0.1, -0.05) is 0 Å². The second-order valence-electron chi connectivity index (χ2n) is 5.60. The zero-order valence-corrected chi connectivity index (χ0v) is 14.6. The highest BCUT2D eigenvalue weighted by atomic mass is 19.1. The van der Waals surface area contributed by atoms with Crippen LogP contribution in [0.2, 0.25) is 0 Å². The number of nitrogens with one attached hydrogen (secondary N) is 2. The normalized spacial score (nSPS) is 11.3. The predicted octanol–water partition coefficient (Wildman–Crippen LogP) is 3.63. The molecule has 2 aromatic carbocycles. The summed E-state index contributed by atoms with van der Waals surface area (Å²) >= 11 is 0. The fourth-order valence-corrected chi connectivity index (χ4v) is 2.23. The van der Waals surface area contributed by atoms with Gasteiger partial charge in [0, 0.05) is 25.7 Å². The minimum Gasteiger partial charge on any atom is -0.494 e. The molecule has 4 nitrogen and oxygen atoms in total. The first-order chi connectivity index (χ1) is 12.6. The molecule has 0 amide bonds. The van der Waals surface area contributed by atoms with Crippen LogP contribution in [0.1, 0.15) is 18.4 Å². The lowest BCUT2D eigenvalue weighted by Crippen LogP contribution is -2.37. The third-order valence-electron chi connectivity index (χ3n) is 3.62. The van der Waals surface area contributed by atoms with Crippen LogP contribution < -0.4 is 15.4 Å². The van der Waals surface area contributed by atoms with Crippen molar-refractivity contribution in [2.75, 3.05) is 20.2 Å². The van der Waals surface area contributed by atoms with Crippen molar-refractivity contribution in [3.05, 3.63) is 65.5 Å². The van der Waals surface area contributed by atoms with E-state index in [0.717, 1.165) is 31.0 Å². The smallest absolute Gasteiger partial charge is 0.191 e. The van der Waals surface area contributed by atoms with Gasteiger partial charge >= 0.3 is 0 Å². The SMILES string of the molecule is CN=C(NCCCCOc1ccc(F)cc1)NCc1cc(F)ccc1F. The molecule has 2 rings (SSSR count). The molecule has 0 radical (unpaired) electrons. The van der Waals surface area contributed by atoms with Crippen LogP contribution in [0.3, 0.4) is 0 Å². The number of rotatable bonds is 8. The molecule has 0 unspecified atom stereocenters. The molecule has 2 aromatic rings. The molecule has 7 heteroatoms. The average molecular weight is 365 g/mol. The molecule has 0 aliphatic carbocycles. The van der Waals surface area contributed by atoms with Gasteiger partial charge in [0.25, 0.3) is 0 Å². The lowest BCUT2D eigenvalue weighted by molar-refractivity contribution is 0.306. The maximum Gasteiger partial charge on any atom is 0.191 e. The van der Waals surface area contributed by atoms with Crippen LogP contribution in [-0.2, 0) is 6.54 Å². The molecule has 26 heavy (non-hydrogen) atoms. The van der Waals surface area contributed by atoms with Crippen molar-refractivity contribution in [2.45, 2.75) is 19.4 Å². The largest absolute Gasteiger partial charge is 0.494 e. The maximum atomic E-state index is 13.6. The van der Waals surface area contributed by atoms with Gasteiger partial charge in [0.2, 0.25) is 0 Å². The van der Waals surface area contributed by atoms with Crippen molar-refractivity contribution in [2.24, 2.45) is 4.99 Å². The van der Waals surface area contributed by atoms with E-state index in [1.165, 1.54) is 12.1 Å². The predicted molar refractivity (Wildman–Crippen MR) is 95.7 cm³/mol. The number of guanidine groups is 1. The number of nitrogens with zero attached hydrogens (tertiary/aromatic N) is 1. The molecule has 140 valence electrons. The highest BCUT2D eigenvalue weighted by Gasteiger charge is 2.05. The minimum absolute atomic E-state index is 0.136. The van der Waals surface area contributed by atoms with E-state index in [1.54, 1.807) is 19.2 Å². The van der Waals surface area contributed by atoms with E-state index in [2.05, 4.69) is 15.6 Å². The fourth-order valence-electron chi connectivity index (χ4n) is 2.23. The molecule has 0 aromatic heterocycles. The quantitative estimate of drug-likeness (QED) is 0.427. The Morgan fingerprint density at radius 2 is 1.69 bits per heavy atom. The second kappa shape index (κ2) is 10.3. The van der Waals surface area contributed by atoms with E-state index in [-0.39, 0.29) is 17.9 Å². The van der Waals surface area contributed by atoms with Crippen molar-refractivity contribution in [3.8, 4) is 5.75 Å². The van der Waals surface area contributed by atoms with E-state index in [1.807, 2.05) is 0 Å². The highest BCUT2D eigenvalue weighted by molar-refractivity contribution is 5.79. The first-order valence-corrected chi connectivity index (χ1v) is 8.35. The lowest BCUT2D eigenvalue weighted by Gasteiger charge is -2.12. The van der Waals surface area contributed by atoms with Crippen LogP contribution >= 0.6 is 0 Å². The van der Waals surface area contributed by atoms with Crippen LogP contribution in [0, 0.1) is 17.5 Å². The third-order valence-corrected chi connectivity index (χ3v) is 3.62. The Morgan fingerprint density at radius 1 is 0.962 bits per heavy atom. The number of benzene rings is 2. The number of aliphatic imine (C=N–C) groups is 1. The summed E-state index contributed by atoms with van der Waals surface area (Å²) in [6, 6.07) is 9.23. The molecule has 0 atom stereocenters. The Bertz CT molecular complexity index is 720. The Kier molecular flexibility index (Phi) is 7.79. The second-order valence-corrected chi connectivity index (χ2v) is 5.60. The van der Waals surface area contributed by atoms with Crippen LogP contribution in [0.25, 0.3) is 0 Å². The van der Waals surface area contributed by atoms with Gasteiger partial charge in [-0.25, -0.2) is 13.2 Å². The van der Waals surface area contributed by atoms with Gasteiger partial charge in [-0.05, 0) is 55.3 Å². The van der Waals surface area contributed by atoms with Crippen LogP contribution in [0.5, 0.6) is 5.75 Å². The Morgan fingerprint density at radius 3 is 2.42 bits per heavy atom. The van der Waals surface area contributed by atoms with Crippen molar-refractivity contribution >= 4 is 5.96 Å². The van der Waals surface area contributed by atoms with E-state index >= 15 is 0 Å². The number of ether oxygens (including phenoxy) is 1. The summed E-state index contributed by atoms with van der Waals surface area (Å²) in [5, 5.41) is 6.04. The molecule has 0 aliphatic heterocycles. The monoisotopic (exact) mass is 365 g/mol. The Balaban J connectivity index is 1.62. The highest BCUT2D eigenvalue weighted by Crippen LogP contribution is 2.11. The summed E-state index contributed by atoms with van der Waals surface area (Å²) in [5.41, 5.74) is 0.237. The number of halogens is 3. The van der Waals surface area contributed by atoms with Crippen molar-refractivity contribution < 1.29 is 17.9 Å². The van der Waals surface area contributed by atoms with Crippen LogP contribution in [-0.4, -0.2) is 26.2 Å². The van der Waals surface area contributed by atoms with Crippen molar-refractivity contribution in [1.82, 2.24) is 10.6 Å². The zero-order valence-electron chi connectivity index (χ0n) is 14.6. The van der Waals surface area contributed by atoms with Gasteiger partial charge in [-0.3, -0.25) is 4.99 Å². The molecular formula is C19H22F3N3O. The summed E-state index contributed by atoms with van der Waals surface area (Å²) in [6.07, 6.45) is 1.64. The number of hydrogen-bond acceptors (Lipinski definition) is 2.